The molecule has 0 aliphatic heterocycles. The Hall–Kier alpha value is -1.79. The van der Waals surface area contributed by atoms with Crippen molar-refractivity contribution >= 4 is 35.0 Å². The molecule has 3 aromatic rings. The lowest BCUT2D eigenvalue weighted by Crippen LogP contribution is -1.96. The first-order valence-corrected chi connectivity index (χ1v) is 7.34. The van der Waals surface area contributed by atoms with Crippen LogP contribution < -0.4 is 4.74 Å². The molecule has 3 heterocycles. The first-order valence-electron chi connectivity index (χ1n) is 6.29. The molecular weight excluding hydrogens is 313 g/mol. The van der Waals surface area contributed by atoms with Gasteiger partial charge >= 0.3 is 0 Å². The van der Waals surface area contributed by atoms with E-state index in [1.165, 1.54) is 3.97 Å². The van der Waals surface area contributed by atoms with Gasteiger partial charge in [-0.2, -0.15) is 0 Å². The van der Waals surface area contributed by atoms with Crippen LogP contribution in [-0.2, 0) is 0 Å². The lowest BCUT2D eigenvalue weighted by molar-refractivity contribution is 0.328. The Balaban J connectivity index is 2.26. The molecule has 0 unspecified atom stereocenters. The summed E-state index contributed by atoms with van der Waals surface area (Å²) < 4.78 is 20.0. The van der Waals surface area contributed by atoms with Gasteiger partial charge in [-0.05, 0) is 31.2 Å². The van der Waals surface area contributed by atoms with Gasteiger partial charge in [0.25, 0.3) is 0 Å². The van der Waals surface area contributed by atoms with Crippen molar-refractivity contribution in [1.82, 2.24) is 13.9 Å². The smallest absolute Gasteiger partial charge is 0.221 e. The number of pyridine rings is 2. The Morgan fingerprint density at radius 1 is 1.33 bits per heavy atom. The molecule has 0 atom stereocenters. The van der Waals surface area contributed by atoms with Crippen molar-refractivity contribution in [2.24, 2.45) is 0 Å². The fourth-order valence-corrected chi connectivity index (χ4v) is 2.66. The van der Waals surface area contributed by atoms with Crippen LogP contribution >= 0.6 is 23.9 Å². The zero-order chi connectivity index (χ0) is 14.8. The van der Waals surface area contributed by atoms with Crippen LogP contribution in [0.1, 0.15) is 6.92 Å². The number of rotatable bonds is 4. The number of ether oxygens (including phenoxy) is 1. The quantitative estimate of drug-likeness (QED) is 0.661. The van der Waals surface area contributed by atoms with E-state index in [-0.39, 0.29) is 12.3 Å². The molecule has 0 amide bonds. The van der Waals surface area contributed by atoms with Gasteiger partial charge in [-0.1, -0.05) is 11.6 Å². The van der Waals surface area contributed by atoms with E-state index in [1.54, 1.807) is 18.5 Å². The van der Waals surface area contributed by atoms with Crippen molar-refractivity contribution in [3.8, 4) is 17.0 Å². The zero-order valence-corrected chi connectivity index (χ0v) is 12.7. The van der Waals surface area contributed by atoms with Gasteiger partial charge in [0.2, 0.25) is 5.88 Å². The lowest BCUT2D eigenvalue weighted by Gasteiger charge is -2.07. The highest BCUT2D eigenvalue weighted by molar-refractivity contribution is 7.92. The zero-order valence-electron chi connectivity index (χ0n) is 11.1. The van der Waals surface area contributed by atoms with Crippen LogP contribution in [-0.4, -0.2) is 20.5 Å². The van der Waals surface area contributed by atoms with Crippen molar-refractivity contribution in [1.29, 1.82) is 0 Å². The first-order chi connectivity index (χ1) is 10.2. The molecule has 0 aliphatic carbocycles. The molecule has 21 heavy (non-hydrogen) atoms. The monoisotopic (exact) mass is 323 g/mol. The molecule has 0 saturated heterocycles. The molecule has 0 spiro atoms. The number of hydrogen-bond acceptors (Lipinski definition) is 4. The van der Waals surface area contributed by atoms with Gasteiger partial charge in [-0.25, -0.2) is 13.9 Å². The standard InChI is InChI=1S/C14H11ClFN3OS/c1-2-20-14-10(4-3-7-17-14)11-8-19(21-16)13-9(11)5-6-12(15)18-13/h3-8H,2H2,1H3. The molecule has 0 bridgehead atoms. The number of nitrogens with zero attached hydrogens (tertiary/aromatic N) is 3. The number of halogens is 2. The summed E-state index contributed by atoms with van der Waals surface area (Å²) in [5.74, 6) is 0.512. The lowest BCUT2D eigenvalue weighted by atomic mass is 10.1. The Bertz CT molecular complexity index is 793. The number of fused-ring (bicyclic) bond motifs is 1. The topological polar surface area (TPSA) is 39.9 Å². The summed E-state index contributed by atoms with van der Waals surface area (Å²) >= 11 is 5.97. The third kappa shape index (κ3) is 2.56. The molecule has 7 heteroatoms. The van der Waals surface area contributed by atoms with E-state index in [2.05, 4.69) is 9.97 Å². The molecule has 0 fully saturated rings. The molecule has 3 aromatic heterocycles. The molecule has 108 valence electrons. The van der Waals surface area contributed by atoms with Crippen LogP contribution in [0.15, 0.2) is 36.7 Å². The van der Waals surface area contributed by atoms with E-state index in [1.807, 2.05) is 25.1 Å². The predicted octanol–water partition coefficient (Wildman–Crippen LogP) is 4.53. The summed E-state index contributed by atoms with van der Waals surface area (Å²) in [5.41, 5.74) is 2.06. The SMILES string of the molecule is CCOc1ncccc1-c1cn(SF)c2nc(Cl)ccc12. The molecule has 0 aromatic carbocycles. The molecule has 0 aliphatic rings. The van der Waals surface area contributed by atoms with Gasteiger partial charge in [-0.3, -0.25) is 0 Å². The second kappa shape index (κ2) is 5.91. The van der Waals surface area contributed by atoms with Gasteiger partial charge in [0.1, 0.15) is 5.15 Å². The largest absolute Gasteiger partial charge is 0.478 e. The minimum Gasteiger partial charge on any atom is -0.478 e. The normalized spacial score (nSPS) is 11.0. The van der Waals surface area contributed by atoms with E-state index in [4.69, 9.17) is 16.3 Å². The average molecular weight is 324 g/mol. The Morgan fingerprint density at radius 3 is 2.95 bits per heavy atom. The van der Waals surface area contributed by atoms with E-state index in [0.717, 1.165) is 16.5 Å². The van der Waals surface area contributed by atoms with Crippen LogP contribution in [0.2, 0.25) is 5.15 Å². The predicted molar refractivity (Wildman–Crippen MR) is 83.2 cm³/mol. The highest BCUT2D eigenvalue weighted by Gasteiger charge is 2.16. The fourth-order valence-electron chi connectivity index (χ4n) is 2.17. The van der Waals surface area contributed by atoms with Crippen LogP contribution in [0.3, 0.4) is 0 Å². The van der Waals surface area contributed by atoms with Gasteiger partial charge in [0, 0.05) is 28.9 Å². The first kappa shape index (κ1) is 14.2. The summed E-state index contributed by atoms with van der Waals surface area (Å²) in [4.78, 5) is 8.40. The van der Waals surface area contributed by atoms with E-state index in [9.17, 15) is 3.89 Å². The number of aromatic nitrogens is 3. The van der Waals surface area contributed by atoms with Crippen molar-refractivity contribution in [2.75, 3.05) is 6.61 Å². The highest BCUT2D eigenvalue weighted by atomic mass is 35.5. The van der Waals surface area contributed by atoms with Crippen molar-refractivity contribution in [2.45, 2.75) is 6.92 Å². The van der Waals surface area contributed by atoms with Gasteiger partial charge in [0.05, 0.1) is 6.61 Å². The summed E-state index contributed by atoms with van der Waals surface area (Å²) in [7, 11) is 0. The third-order valence-electron chi connectivity index (χ3n) is 3.00. The second-order valence-electron chi connectivity index (χ2n) is 4.23. The third-order valence-corrected chi connectivity index (χ3v) is 3.64. The van der Waals surface area contributed by atoms with Crippen LogP contribution in [0.25, 0.3) is 22.2 Å². The average Bonchev–Trinajstić information content (AvgIpc) is 2.86. The molecule has 0 saturated carbocycles. The van der Waals surface area contributed by atoms with E-state index < -0.39 is 0 Å². The van der Waals surface area contributed by atoms with Gasteiger partial charge in [-0.15, -0.1) is 3.89 Å². The number of hydrogen-bond donors (Lipinski definition) is 0. The van der Waals surface area contributed by atoms with Crippen molar-refractivity contribution in [3.05, 3.63) is 41.8 Å². The molecule has 3 rings (SSSR count). The van der Waals surface area contributed by atoms with E-state index in [0.29, 0.717) is 23.3 Å². The minimum absolute atomic E-state index is 0.0760. The van der Waals surface area contributed by atoms with Gasteiger partial charge in [0.15, 0.2) is 18.0 Å². The summed E-state index contributed by atoms with van der Waals surface area (Å²) in [5, 5.41) is 1.11. The summed E-state index contributed by atoms with van der Waals surface area (Å²) in [6.45, 7) is 2.39. The van der Waals surface area contributed by atoms with Gasteiger partial charge < -0.3 is 4.74 Å². The molecular formula is C14H11ClFN3OS. The van der Waals surface area contributed by atoms with Crippen LogP contribution in [0, 0.1) is 0 Å². The summed E-state index contributed by atoms with van der Waals surface area (Å²) in [6, 6.07) is 7.19. The Kier molecular flexibility index (Phi) is 3.98. The molecule has 4 nitrogen and oxygen atoms in total. The maximum atomic E-state index is 13.1. The van der Waals surface area contributed by atoms with E-state index >= 15 is 0 Å². The van der Waals surface area contributed by atoms with Crippen molar-refractivity contribution < 1.29 is 8.62 Å². The highest BCUT2D eigenvalue weighted by Crippen LogP contribution is 2.36. The maximum Gasteiger partial charge on any atom is 0.221 e. The second-order valence-corrected chi connectivity index (χ2v) is 5.15. The maximum absolute atomic E-state index is 13.1. The Labute approximate surface area is 130 Å². The summed E-state index contributed by atoms with van der Waals surface area (Å²) in [6.07, 6.45) is 3.32. The molecule has 0 radical (unpaired) electrons. The molecule has 0 N–H and O–H groups in total. The van der Waals surface area contributed by atoms with Crippen LogP contribution in [0.5, 0.6) is 5.88 Å². The Morgan fingerprint density at radius 2 is 2.19 bits per heavy atom. The minimum atomic E-state index is 0.0760. The fraction of sp³-hybridized carbons (Fsp3) is 0.143. The van der Waals surface area contributed by atoms with Crippen molar-refractivity contribution in [3.63, 3.8) is 0 Å². The van der Waals surface area contributed by atoms with Crippen LogP contribution in [0.4, 0.5) is 3.89 Å².